The molecule has 2 bridgehead atoms. The van der Waals surface area contributed by atoms with Gasteiger partial charge in [0.2, 0.25) is 0 Å². The Labute approximate surface area is 191 Å². The Morgan fingerprint density at radius 3 is 2.06 bits per heavy atom. The van der Waals surface area contributed by atoms with Gasteiger partial charge >= 0.3 is 0 Å². The van der Waals surface area contributed by atoms with Gasteiger partial charge in [0.25, 0.3) is 0 Å². The van der Waals surface area contributed by atoms with Crippen LogP contribution in [0.5, 0.6) is 0 Å². The molecule has 0 aromatic heterocycles. The van der Waals surface area contributed by atoms with Crippen molar-refractivity contribution in [2.75, 3.05) is 6.61 Å². The van der Waals surface area contributed by atoms with Gasteiger partial charge in [-0.3, -0.25) is 0 Å². The minimum absolute atomic E-state index is 0.0562. The zero-order valence-electron chi connectivity index (χ0n) is 18.9. The highest BCUT2D eigenvalue weighted by Gasteiger charge is 2.66. The molecule has 0 radical (unpaired) electrons. The monoisotopic (exact) mass is 449 g/mol. The molecule has 2 aromatic rings. The first-order valence-corrected chi connectivity index (χ1v) is 14.3. The normalized spacial score (nSPS) is 29.1. The van der Waals surface area contributed by atoms with Crippen molar-refractivity contribution in [3.63, 3.8) is 0 Å². The molecule has 3 atom stereocenters. The van der Waals surface area contributed by atoms with E-state index in [0.717, 1.165) is 12.3 Å². The minimum Gasteiger partial charge on any atom is -0.478 e. The summed E-state index contributed by atoms with van der Waals surface area (Å²) in [7, 11) is 0. The van der Waals surface area contributed by atoms with Crippen molar-refractivity contribution in [3.05, 3.63) is 72.1 Å². The number of hydrogen-bond acceptors (Lipinski definition) is 3. The van der Waals surface area contributed by atoms with Gasteiger partial charge < -0.3 is 4.74 Å². The summed E-state index contributed by atoms with van der Waals surface area (Å²) in [4.78, 5) is 5.21. The number of rotatable bonds is 5. The lowest BCUT2D eigenvalue weighted by atomic mass is 9.68. The van der Waals surface area contributed by atoms with E-state index in [2.05, 4.69) is 94.4 Å². The smallest absolute Gasteiger partial charge is 0.195 e. The van der Waals surface area contributed by atoms with Gasteiger partial charge in [0.15, 0.2) is 5.90 Å². The molecule has 0 unspecified atom stereocenters. The third-order valence-electron chi connectivity index (χ3n) is 8.04. The Hall–Kier alpha value is -1.70. The number of hydrogen-bond donors (Lipinski definition) is 0. The zero-order valence-corrected chi connectivity index (χ0v) is 20.6. The highest BCUT2D eigenvalue weighted by Crippen LogP contribution is 2.75. The van der Waals surface area contributed by atoms with Crippen molar-refractivity contribution >= 4 is 34.4 Å². The molecule has 1 saturated carbocycles. The van der Waals surface area contributed by atoms with Crippen LogP contribution < -0.4 is 10.6 Å². The fourth-order valence-electron chi connectivity index (χ4n) is 5.99. The Kier molecular flexibility index (Phi) is 5.07. The van der Waals surface area contributed by atoms with Crippen LogP contribution in [0.2, 0.25) is 0 Å². The summed E-state index contributed by atoms with van der Waals surface area (Å²) in [5.74, 6) is 1.96. The van der Waals surface area contributed by atoms with Crippen LogP contribution in [0, 0.1) is 22.7 Å². The van der Waals surface area contributed by atoms with Gasteiger partial charge in [-0.1, -0.05) is 106 Å². The lowest BCUT2D eigenvalue weighted by Gasteiger charge is -2.43. The van der Waals surface area contributed by atoms with Crippen LogP contribution in [0.25, 0.3) is 0 Å². The lowest BCUT2D eigenvalue weighted by Crippen LogP contribution is -2.42. The molecule has 31 heavy (non-hydrogen) atoms. The number of benzene rings is 2. The molecule has 2 nitrogen and oxygen atoms in total. The summed E-state index contributed by atoms with van der Waals surface area (Å²) in [5.41, 5.74) is -0.150. The van der Waals surface area contributed by atoms with Crippen molar-refractivity contribution in [1.29, 1.82) is 0 Å². The minimum atomic E-state index is -2.22. The highest BCUT2D eigenvalue weighted by atomic mass is 32.4. The fourth-order valence-corrected chi connectivity index (χ4v) is 10.8. The molecule has 2 aromatic carbocycles. The molecular weight excluding hydrogens is 417 g/mol. The standard InChI is InChI=1S/C27H32NOPS/c1-19(2)23-18-29-25(28-23)27-16-15-20(26(27,3)4)17-24(27)30(31,21-11-7-5-8-12-21)22-13-9-6-10-14-22/h5-14,17,19-20,23H,15-16,18H2,1-4H3/t20-,23+,27-/m1/s1. The summed E-state index contributed by atoms with van der Waals surface area (Å²) >= 11 is 6.78. The lowest BCUT2D eigenvalue weighted by molar-refractivity contribution is 0.182. The average Bonchev–Trinajstić information content (AvgIpc) is 3.44. The second-order valence-electron chi connectivity index (χ2n) is 10.2. The van der Waals surface area contributed by atoms with E-state index in [0.29, 0.717) is 18.4 Å². The second kappa shape index (κ2) is 7.42. The molecule has 1 fully saturated rings. The first kappa shape index (κ1) is 21.2. The average molecular weight is 450 g/mol. The molecule has 5 rings (SSSR count). The summed E-state index contributed by atoms with van der Waals surface area (Å²) in [6.07, 6.45) is 4.81. The topological polar surface area (TPSA) is 21.6 Å². The molecule has 0 spiro atoms. The van der Waals surface area contributed by atoms with Crippen molar-refractivity contribution < 1.29 is 4.74 Å². The summed E-state index contributed by atoms with van der Waals surface area (Å²) < 4.78 is 6.45. The van der Waals surface area contributed by atoms with E-state index >= 15 is 0 Å². The van der Waals surface area contributed by atoms with Crippen LogP contribution in [0.3, 0.4) is 0 Å². The van der Waals surface area contributed by atoms with E-state index in [1.807, 2.05) is 0 Å². The van der Waals surface area contributed by atoms with E-state index in [4.69, 9.17) is 21.5 Å². The predicted molar refractivity (Wildman–Crippen MR) is 135 cm³/mol. The quantitative estimate of drug-likeness (QED) is 0.531. The largest absolute Gasteiger partial charge is 0.478 e. The summed E-state index contributed by atoms with van der Waals surface area (Å²) in [6.45, 7) is 10.0. The Balaban J connectivity index is 1.75. The maximum absolute atomic E-state index is 6.78. The first-order chi connectivity index (χ1) is 14.8. The van der Waals surface area contributed by atoms with E-state index in [-0.39, 0.29) is 16.9 Å². The number of nitrogens with zero attached hydrogens (tertiary/aromatic N) is 1. The molecule has 1 heterocycles. The number of ether oxygens (including phenoxy) is 1. The van der Waals surface area contributed by atoms with E-state index in [1.54, 1.807) is 0 Å². The molecule has 0 N–H and O–H groups in total. The first-order valence-electron chi connectivity index (χ1n) is 11.5. The van der Waals surface area contributed by atoms with Gasteiger partial charge in [-0.05, 0) is 46.0 Å². The van der Waals surface area contributed by atoms with E-state index in [9.17, 15) is 0 Å². The maximum atomic E-state index is 6.78. The Morgan fingerprint density at radius 1 is 1.00 bits per heavy atom. The molecule has 0 saturated heterocycles. The molecule has 2 aliphatic carbocycles. The summed E-state index contributed by atoms with van der Waals surface area (Å²) in [5, 5.41) is 3.95. The number of aliphatic imine (C=N–C) groups is 1. The van der Waals surface area contributed by atoms with Gasteiger partial charge in [0.05, 0.1) is 11.5 Å². The van der Waals surface area contributed by atoms with Gasteiger partial charge in [0.1, 0.15) is 6.61 Å². The molecular formula is C27H32NOPS. The van der Waals surface area contributed by atoms with Gasteiger partial charge in [-0.2, -0.15) is 0 Å². The third-order valence-corrected chi connectivity index (χ3v) is 13.2. The third kappa shape index (κ3) is 2.89. The number of fused-ring (bicyclic) bond motifs is 2. The zero-order chi connectivity index (χ0) is 21.9. The van der Waals surface area contributed by atoms with Crippen LogP contribution in [0.15, 0.2) is 77.0 Å². The van der Waals surface area contributed by atoms with Crippen LogP contribution in [-0.2, 0) is 16.5 Å². The molecule has 3 aliphatic rings. The van der Waals surface area contributed by atoms with Gasteiger partial charge in [0, 0.05) is 6.04 Å². The van der Waals surface area contributed by atoms with E-state index in [1.165, 1.54) is 22.3 Å². The maximum Gasteiger partial charge on any atom is 0.195 e. The Morgan fingerprint density at radius 2 is 1.58 bits per heavy atom. The van der Waals surface area contributed by atoms with Gasteiger partial charge in [-0.25, -0.2) is 4.99 Å². The van der Waals surface area contributed by atoms with Gasteiger partial charge in [-0.15, -0.1) is 0 Å². The molecule has 0 amide bonds. The fraction of sp³-hybridized carbons (Fsp3) is 0.444. The molecule has 162 valence electrons. The van der Waals surface area contributed by atoms with Crippen LogP contribution in [0.1, 0.15) is 40.5 Å². The number of allylic oxidation sites excluding steroid dienone is 1. The van der Waals surface area contributed by atoms with Crippen LogP contribution in [-0.4, -0.2) is 18.5 Å². The van der Waals surface area contributed by atoms with Crippen molar-refractivity contribution in [2.45, 2.75) is 46.6 Å². The van der Waals surface area contributed by atoms with Crippen molar-refractivity contribution in [3.8, 4) is 0 Å². The summed E-state index contributed by atoms with van der Waals surface area (Å²) in [6, 6.07) is 19.6. The van der Waals surface area contributed by atoms with Crippen LogP contribution >= 0.6 is 6.04 Å². The Bertz CT molecular complexity index is 1050. The molecule has 1 aliphatic heterocycles. The molecule has 4 heteroatoms. The predicted octanol–water partition coefficient (Wildman–Crippen LogP) is 5.89. The van der Waals surface area contributed by atoms with Crippen molar-refractivity contribution in [1.82, 2.24) is 0 Å². The van der Waals surface area contributed by atoms with Crippen molar-refractivity contribution in [2.24, 2.45) is 27.7 Å². The highest BCUT2D eigenvalue weighted by molar-refractivity contribution is 8.24. The van der Waals surface area contributed by atoms with Crippen LogP contribution in [0.4, 0.5) is 0 Å². The SMILES string of the molecule is CC(C)[C@@H]1COC([C@@]23CC[C@H](C=C2P(=S)(c2ccccc2)c2ccccc2)C3(C)C)=N1. The second-order valence-corrected chi connectivity index (χ2v) is 14.5. The van der Waals surface area contributed by atoms with E-state index < -0.39 is 6.04 Å².